The molecule has 2 aromatic carbocycles. The Morgan fingerprint density at radius 1 is 0.857 bits per heavy atom. The number of hydrogen-bond acceptors (Lipinski definition) is 4. The van der Waals surface area contributed by atoms with Crippen molar-refractivity contribution in [1.29, 1.82) is 0 Å². The van der Waals surface area contributed by atoms with Gasteiger partial charge in [-0.1, -0.05) is 61.4 Å². The lowest BCUT2D eigenvalue weighted by Gasteiger charge is -2.30. The molecule has 3 aliphatic carbocycles. The average Bonchev–Trinajstić information content (AvgIpc) is 3.45. The molecule has 4 atom stereocenters. The Morgan fingerprint density at radius 3 is 2.20 bits per heavy atom. The van der Waals surface area contributed by atoms with Crippen LogP contribution in [0.1, 0.15) is 62.0 Å². The van der Waals surface area contributed by atoms with Crippen LogP contribution >= 0.6 is 0 Å². The van der Waals surface area contributed by atoms with Crippen molar-refractivity contribution in [3.05, 3.63) is 59.7 Å². The number of alkyl carbamates (subject to hydrolysis) is 1. The summed E-state index contributed by atoms with van der Waals surface area (Å²) in [5.74, 6) is -1.66. The number of carboxylic acids is 1. The Labute approximate surface area is 205 Å². The van der Waals surface area contributed by atoms with E-state index in [1.54, 1.807) is 0 Å². The van der Waals surface area contributed by atoms with Gasteiger partial charge in [0.1, 0.15) is 6.61 Å². The van der Waals surface area contributed by atoms with E-state index in [-0.39, 0.29) is 36.4 Å². The first kappa shape index (κ1) is 23.4. The van der Waals surface area contributed by atoms with Crippen molar-refractivity contribution in [1.82, 2.24) is 10.6 Å². The van der Waals surface area contributed by atoms with Gasteiger partial charge in [0.25, 0.3) is 0 Å². The maximum Gasteiger partial charge on any atom is 0.407 e. The van der Waals surface area contributed by atoms with E-state index in [0.29, 0.717) is 19.3 Å². The van der Waals surface area contributed by atoms with Crippen LogP contribution in [0.25, 0.3) is 11.1 Å². The molecular weight excluding hydrogens is 444 g/mol. The van der Waals surface area contributed by atoms with Crippen LogP contribution in [0.5, 0.6) is 0 Å². The van der Waals surface area contributed by atoms with E-state index < -0.39 is 18.0 Å². The zero-order valence-corrected chi connectivity index (χ0v) is 19.7. The number of aliphatic carboxylic acids is 1. The van der Waals surface area contributed by atoms with E-state index in [1.165, 1.54) is 22.3 Å². The molecule has 0 unspecified atom stereocenters. The molecule has 0 bridgehead atoms. The highest BCUT2D eigenvalue weighted by Gasteiger charge is 2.36. The fourth-order valence-electron chi connectivity index (χ4n) is 6.09. The van der Waals surface area contributed by atoms with Crippen LogP contribution in [-0.2, 0) is 14.3 Å². The summed E-state index contributed by atoms with van der Waals surface area (Å²) >= 11 is 0. The topological polar surface area (TPSA) is 105 Å². The van der Waals surface area contributed by atoms with Crippen LogP contribution in [0.4, 0.5) is 4.79 Å². The molecule has 35 heavy (non-hydrogen) atoms. The number of carboxylic acid groups (broad SMARTS) is 1. The first-order valence-corrected chi connectivity index (χ1v) is 12.7. The van der Waals surface area contributed by atoms with Crippen LogP contribution < -0.4 is 10.6 Å². The lowest BCUT2D eigenvalue weighted by atomic mass is 9.85. The smallest absolute Gasteiger partial charge is 0.407 e. The quantitative estimate of drug-likeness (QED) is 0.571. The minimum absolute atomic E-state index is 0.00613. The van der Waals surface area contributed by atoms with Gasteiger partial charge in [0.05, 0.1) is 5.92 Å². The van der Waals surface area contributed by atoms with Crippen LogP contribution in [0.15, 0.2) is 48.5 Å². The maximum absolute atomic E-state index is 12.8. The van der Waals surface area contributed by atoms with Gasteiger partial charge < -0.3 is 20.5 Å². The largest absolute Gasteiger partial charge is 0.481 e. The van der Waals surface area contributed by atoms with Gasteiger partial charge in [-0.25, -0.2) is 4.79 Å². The molecule has 0 saturated heterocycles. The summed E-state index contributed by atoms with van der Waals surface area (Å²) < 4.78 is 5.67. The maximum atomic E-state index is 12.8. The highest BCUT2D eigenvalue weighted by Crippen LogP contribution is 2.44. The molecule has 5 rings (SSSR count). The number of nitrogens with one attached hydrogen (secondary N) is 2. The normalized spacial score (nSPS) is 25.4. The SMILES string of the molecule is O=C(N[C@@H]1CCC[C@H](C(=O)N[C@@H]2CCC[C@@H]2C(=O)O)C1)OCC1c2ccccc2-c2ccccc21. The van der Waals surface area contributed by atoms with Crippen LogP contribution in [0.2, 0.25) is 0 Å². The highest BCUT2D eigenvalue weighted by atomic mass is 16.5. The summed E-state index contributed by atoms with van der Waals surface area (Å²) in [4.78, 5) is 36.9. The van der Waals surface area contributed by atoms with Crippen molar-refractivity contribution in [3.63, 3.8) is 0 Å². The van der Waals surface area contributed by atoms with Crippen LogP contribution in [0.3, 0.4) is 0 Å². The molecule has 7 heteroatoms. The number of amides is 2. The molecule has 0 aromatic heterocycles. The van der Waals surface area contributed by atoms with Gasteiger partial charge in [0, 0.05) is 23.9 Å². The minimum Gasteiger partial charge on any atom is -0.481 e. The summed E-state index contributed by atoms with van der Waals surface area (Å²) in [7, 11) is 0. The minimum atomic E-state index is -0.841. The number of carbonyl (C=O) groups excluding carboxylic acids is 2. The van der Waals surface area contributed by atoms with Crippen molar-refractivity contribution in [3.8, 4) is 11.1 Å². The average molecular weight is 477 g/mol. The van der Waals surface area contributed by atoms with E-state index in [4.69, 9.17) is 4.74 Å². The van der Waals surface area contributed by atoms with Crippen molar-refractivity contribution < 1.29 is 24.2 Å². The Balaban J connectivity index is 1.14. The van der Waals surface area contributed by atoms with Gasteiger partial charge in [-0.05, 0) is 54.4 Å². The summed E-state index contributed by atoms with van der Waals surface area (Å²) in [6.07, 6.45) is 4.60. The van der Waals surface area contributed by atoms with E-state index in [1.807, 2.05) is 24.3 Å². The highest BCUT2D eigenvalue weighted by molar-refractivity contribution is 5.81. The molecule has 184 valence electrons. The lowest BCUT2D eigenvalue weighted by molar-refractivity contribution is -0.142. The molecule has 2 aromatic rings. The monoisotopic (exact) mass is 476 g/mol. The van der Waals surface area contributed by atoms with Gasteiger partial charge in [0.2, 0.25) is 5.91 Å². The third-order valence-corrected chi connectivity index (χ3v) is 7.87. The van der Waals surface area contributed by atoms with E-state index in [0.717, 1.165) is 25.7 Å². The van der Waals surface area contributed by atoms with Gasteiger partial charge >= 0.3 is 12.1 Å². The molecule has 7 nitrogen and oxygen atoms in total. The van der Waals surface area contributed by atoms with Crippen LogP contribution in [0, 0.1) is 11.8 Å². The lowest BCUT2D eigenvalue weighted by Crippen LogP contribution is -2.46. The number of rotatable bonds is 6. The van der Waals surface area contributed by atoms with Crippen LogP contribution in [-0.4, -0.2) is 41.8 Å². The molecule has 2 amide bonds. The van der Waals surface area contributed by atoms with Gasteiger partial charge in [-0.15, -0.1) is 0 Å². The third-order valence-electron chi connectivity index (χ3n) is 7.87. The fraction of sp³-hybridized carbons (Fsp3) is 0.464. The second-order valence-electron chi connectivity index (χ2n) is 10.0. The number of ether oxygens (including phenoxy) is 1. The summed E-state index contributed by atoms with van der Waals surface area (Å²) in [6.45, 7) is 0.259. The Morgan fingerprint density at radius 2 is 1.51 bits per heavy atom. The number of carbonyl (C=O) groups is 3. The first-order chi connectivity index (χ1) is 17.0. The molecule has 0 heterocycles. The molecular formula is C28H32N2O5. The van der Waals surface area contributed by atoms with Gasteiger partial charge in [0.15, 0.2) is 0 Å². The van der Waals surface area contributed by atoms with Gasteiger partial charge in [-0.3, -0.25) is 9.59 Å². The third kappa shape index (κ3) is 4.90. The molecule has 0 aliphatic heterocycles. The van der Waals surface area contributed by atoms with E-state index >= 15 is 0 Å². The predicted octanol–water partition coefficient (Wildman–Crippen LogP) is 4.45. The summed E-state index contributed by atoms with van der Waals surface area (Å²) in [5, 5.41) is 15.3. The standard InChI is InChI=1S/C28H32N2O5/c31-26(30-25-14-6-13-23(25)27(32)33)17-7-5-8-18(15-17)29-28(34)35-16-24-21-11-3-1-9-19(21)20-10-2-4-12-22(20)24/h1-4,9-12,17-18,23-25H,5-8,13-16H2,(H,29,34)(H,30,31)(H,32,33)/t17-,18+,23-,25+/m0/s1. The molecule has 2 saturated carbocycles. The molecule has 3 aliphatic rings. The fourth-order valence-corrected chi connectivity index (χ4v) is 6.09. The van der Waals surface area contributed by atoms with Crippen molar-refractivity contribution in [2.24, 2.45) is 11.8 Å². The Kier molecular flexibility index (Phi) is 6.75. The molecule has 0 radical (unpaired) electrons. The number of hydrogen-bond donors (Lipinski definition) is 3. The van der Waals surface area contributed by atoms with Crippen molar-refractivity contribution in [2.75, 3.05) is 6.61 Å². The zero-order valence-electron chi connectivity index (χ0n) is 19.7. The van der Waals surface area contributed by atoms with Crippen molar-refractivity contribution in [2.45, 2.75) is 62.9 Å². The molecule has 0 spiro atoms. The summed E-state index contributed by atoms with van der Waals surface area (Å²) in [6, 6.07) is 16.0. The number of benzene rings is 2. The second kappa shape index (κ2) is 10.1. The molecule has 2 fully saturated rings. The Hall–Kier alpha value is -3.35. The zero-order chi connectivity index (χ0) is 24.4. The summed E-state index contributed by atoms with van der Waals surface area (Å²) in [5.41, 5.74) is 4.71. The van der Waals surface area contributed by atoms with Gasteiger partial charge in [-0.2, -0.15) is 0 Å². The van der Waals surface area contributed by atoms with E-state index in [9.17, 15) is 19.5 Å². The Bertz CT molecular complexity index is 1070. The van der Waals surface area contributed by atoms with Crippen molar-refractivity contribution >= 4 is 18.0 Å². The molecule has 3 N–H and O–H groups in total. The predicted molar refractivity (Wildman–Crippen MR) is 131 cm³/mol. The number of fused-ring (bicyclic) bond motifs is 3. The van der Waals surface area contributed by atoms with E-state index in [2.05, 4.69) is 34.9 Å². The second-order valence-corrected chi connectivity index (χ2v) is 10.0. The first-order valence-electron chi connectivity index (χ1n) is 12.7.